The zero-order valence-electron chi connectivity index (χ0n) is 12.8. The van der Waals surface area contributed by atoms with Gasteiger partial charge in [-0.05, 0) is 37.5 Å². The van der Waals surface area contributed by atoms with Crippen LogP contribution in [-0.4, -0.2) is 15.6 Å². The van der Waals surface area contributed by atoms with Crippen LogP contribution in [0.15, 0.2) is 34.9 Å². The number of aromatic nitrogens is 2. The highest BCUT2D eigenvalue weighted by atomic mass is 79.9. The second-order valence-corrected chi connectivity index (χ2v) is 6.12. The molecule has 21 heavy (non-hydrogen) atoms. The average molecular weight is 349 g/mol. The number of halogens is 1. The van der Waals surface area contributed by atoms with Crippen molar-refractivity contribution < 1.29 is 4.79 Å². The van der Waals surface area contributed by atoms with E-state index in [0.29, 0.717) is 12.5 Å². The molecule has 0 spiro atoms. The number of ketones is 1. The minimum Gasteiger partial charge on any atom is -0.294 e. The molecule has 0 bridgehead atoms. The van der Waals surface area contributed by atoms with Crippen LogP contribution in [0.3, 0.4) is 0 Å². The first-order chi connectivity index (χ1) is 10.1. The number of Topliss-reactive ketones (excluding diaryl/α,β-unsaturated/α-hetero) is 1. The number of carbonyl (C=O) groups excluding carboxylic acids is 1. The highest BCUT2D eigenvalue weighted by molar-refractivity contribution is 9.10. The quantitative estimate of drug-likeness (QED) is 0.706. The SMILES string of the molecule is CCC(CC)n1ccc(CC(=O)c2cccc(Br)c2C)n1. The van der Waals surface area contributed by atoms with Crippen molar-refractivity contribution in [3.05, 3.63) is 51.8 Å². The van der Waals surface area contributed by atoms with E-state index in [1.54, 1.807) is 0 Å². The van der Waals surface area contributed by atoms with Crippen LogP contribution < -0.4 is 0 Å². The van der Waals surface area contributed by atoms with Gasteiger partial charge in [-0.2, -0.15) is 5.10 Å². The molecule has 0 aliphatic carbocycles. The number of hydrogen-bond donors (Lipinski definition) is 0. The fourth-order valence-electron chi connectivity index (χ4n) is 2.51. The van der Waals surface area contributed by atoms with E-state index in [4.69, 9.17) is 0 Å². The zero-order valence-corrected chi connectivity index (χ0v) is 14.4. The molecule has 0 amide bonds. The lowest BCUT2D eigenvalue weighted by molar-refractivity contribution is 0.0991. The van der Waals surface area contributed by atoms with E-state index >= 15 is 0 Å². The van der Waals surface area contributed by atoms with E-state index in [1.807, 2.05) is 42.1 Å². The molecule has 3 nitrogen and oxygen atoms in total. The monoisotopic (exact) mass is 348 g/mol. The van der Waals surface area contributed by atoms with Crippen molar-refractivity contribution in [3.8, 4) is 0 Å². The van der Waals surface area contributed by atoms with Gasteiger partial charge in [0.1, 0.15) is 0 Å². The van der Waals surface area contributed by atoms with Crippen LogP contribution in [0.25, 0.3) is 0 Å². The van der Waals surface area contributed by atoms with Crippen LogP contribution in [0.4, 0.5) is 0 Å². The van der Waals surface area contributed by atoms with Gasteiger partial charge in [0.25, 0.3) is 0 Å². The molecule has 2 aromatic rings. The molecule has 0 N–H and O–H groups in total. The van der Waals surface area contributed by atoms with E-state index in [1.165, 1.54) is 0 Å². The third-order valence-corrected chi connectivity index (χ3v) is 4.75. The second kappa shape index (κ2) is 7.03. The molecule has 1 aromatic heterocycles. The van der Waals surface area contributed by atoms with Crippen LogP contribution in [0.1, 0.15) is 54.3 Å². The Morgan fingerprint density at radius 3 is 2.67 bits per heavy atom. The van der Waals surface area contributed by atoms with Gasteiger partial charge in [-0.1, -0.05) is 41.9 Å². The van der Waals surface area contributed by atoms with E-state index in [0.717, 1.165) is 34.1 Å². The Bertz CT molecular complexity index is 629. The summed E-state index contributed by atoms with van der Waals surface area (Å²) in [6.07, 6.45) is 4.44. The highest BCUT2D eigenvalue weighted by Gasteiger charge is 2.14. The number of carbonyl (C=O) groups is 1. The molecule has 1 heterocycles. The van der Waals surface area contributed by atoms with Gasteiger partial charge < -0.3 is 0 Å². The van der Waals surface area contributed by atoms with Gasteiger partial charge in [0.05, 0.1) is 18.2 Å². The number of rotatable bonds is 6. The largest absolute Gasteiger partial charge is 0.294 e. The Balaban J connectivity index is 2.15. The summed E-state index contributed by atoms with van der Waals surface area (Å²) in [5, 5.41) is 4.55. The molecule has 0 atom stereocenters. The standard InChI is InChI=1S/C17H21BrN2O/c1-4-14(5-2)20-10-9-13(19-20)11-17(21)15-7-6-8-16(18)12(15)3/h6-10,14H,4-5,11H2,1-3H3. The van der Waals surface area contributed by atoms with Crippen molar-refractivity contribution in [1.29, 1.82) is 0 Å². The summed E-state index contributed by atoms with van der Waals surface area (Å²) in [7, 11) is 0. The van der Waals surface area contributed by atoms with Gasteiger partial charge in [-0.15, -0.1) is 0 Å². The van der Waals surface area contributed by atoms with E-state index in [9.17, 15) is 4.79 Å². The Kier molecular flexibility index (Phi) is 5.34. The average Bonchev–Trinajstić information content (AvgIpc) is 2.91. The maximum Gasteiger partial charge on any atom is 0.169 e. The molecule has 0 aliphatic heterocycles. The zero-order chi connectivity index (χ0) is 15.4. The molecule has 4 heteroatoms. The Morgan fingerprint density at radius 2 is 2.00 bits per heavy atom. The summed E-state index contributed by atoms with van der Waals surface area (Å²) in [6.45, 7) is 6.27. The molecule has 0 saturated heterocycles. The summed E-state index contributed by atoms with van der Waals surface area (Å²) in [4.78, 5) is 12.4. The minimum absolute atomic E-state index is 0.114. The van der Waals surface area contributed by atoms with E-state index in [2.05, 4.69) is 34.9 Å². The molecule has 0 fully saturated rings. The van der Waals surface area contributed by atoms with E-state index in [-0.39, 0.29) is 5.78 Å². The maximum absolute atomic E-state index is 12.4. The van der Waals surface area contributed by atoms with Crippen LogP contribution in [-0.2, 0) is 6.42 Å². The lowest BCUT2D eigenvalue weighted by Crippen LogP contribution is -2.10. The summed E-state index contributed by atoms with van der Waals surface area (Å²) in [5.41, 5.74) is 2.59. The number of nitrogens with zero attached hydrogens (tertiary/aromatic N) is 2. The summed E-state index contributed by atoms with van der Waals surface area (Å²) in [6, 6.07) is 8.09. The first kappa shape index (κ1) is 16.0. The fraction of sp³-hybridized carbons (Fsp3) is 0.412. The smallest absolute Gasteiger partial charge is 0.169 e. The van der Waals surface area contributed by atoms with Crippen molar-refractivity contribution in [1.82, 2.24) is 9.78 Å². The van der Waals surface area contributed by atoms with Gasteiger partial charge in [0, 0.05) is 16.2 Å². The van der Waals surface area contributed by atoms with E-state index < -0.39 is 0 Å². The second-order valence-electron chi connectivity index (χ2n) is 5.27. The molecular formula is C17H21BrN2O. The molecular weight excluding hydrogens is 328 g/mol. The minimum atomic E-state index is 0.114. The normalized spacial score (nSPS) is 11.1. The topological polar surface area (TPSA) is 34.9 Å². The lowest BCUT2D eigenvalue weighted by Gasteiger charge is -2.12. The van der Waals surface area contributed by atoms with Crippen molar-refractivity contribution in [3.63, 3.8) is 0 Å². The summed E-state index contributed by atoms with van der Waals surface area (Å²) < 4.78 is 2.95. The molecule has 0 radical (unpaired) electrons. The fourth-order valence-corrected chi connectivity index (χ4v) is 2.87. The van der Waals surface area contributed by atoms with Crippen molar-refractivity contribution >= 4 is 21.7 Å². The van der Waals surface area contributed by atoms with Crippen molar-refractivity contribution in [2.24, 2.45) is 0 Å². The molecule has 1 aromatic carbocycles. The van der Waals surface area contributed by atoms with Crippen molar-refractivity contribution in [2.45, 2.75) is 46.1 Å². The van der Waals surface area contributed by atoms with Crippen LogP contribution in [0.5, 0.6) is 0 Å². The lowest BCUT2D eigenvalue weighted by atomic mass is 10.0. The molecule has 112 valence electrons. The Morgan fingerprint density at radius 1 is 1.29 bits per heavy atom. The molecule has 0 unspecified atom stereocenters. The predicted octanol–water partition coefficient (Wildman–Crippen LogP) is 4.74. The van der Waals surface area contributed by atoms with Gasteiger partial charge in [-0.25, -0.2) is 0 Å². The van der Waals surface area contributed by atoms with Crippen molar-refractivity contribution in [2.75, 3.05) is 0 Å². The highest BCUT2D eigenvalue weighted by Crippen LogP contribution is 2.21. The van der Waals surface area contributed by atoms with Crippen LogP contribution in [0, 0.1) is 6.92 Å². The first-order valence-electron chi connectivity index (χ1n) is 7.39. The predicted molar refractivity (Wildman–Crippen MR) is 88.8 cm³/mol. The Labute approximate surface area is 134 Å². The first-order valence-corrected chi connectivity index (χ1v) is 8.18. The number of hydrogen-bond acceptors (Lipinski definition) is 2. The molecule has 0 saturated carbocycles. The number of benzene rings is 1. The van der Waals surface area contributed by atoms with Crippen LogP contribution in [0.2, 0.25) is 0 Å². The maximum atomic E-state index is 12.4. The van der Waals surface area contributed by atoms with Crippen LogP contribution >= 0.6 is 15.9 Å². The third-order valence-electron chi connectivity index (χ3n) is 3.89. The summed E-state index contributed by atoms with van der Waals surface area (Å²) >= 11 is 3.47. The molecule has 2 rings (SSSR count). The molecule has 0 aliphatic rings. The van der Waals surface area contributed by atoms with Gasteiger partial charge >= 0.3 is 0 Å². The Hall–Kier alpha value is -1.42. The van der Waals surface area contributed by atoms with Gasteiger partial charge in [0.15, 0.2) is 5.78 Å². The van der Waals surface area contributed by atoms with Gasteiger partial charge in [0.2, 0.25) is 0 Å². The van der Waals surface area contributed by atoms with Gasteiger partial charge in [-0.3, -0.25) is 9.48 Å². The summed E-state index contributed by atoms with van der Waals surface area (Å²) in [5.74, 6) is 0.114. The third kappa shape index (κ3) is 3.62.